The van der Waals surface area contributed by atoms with Crippen LogP contribution in [0.3, 0.4) is 0 Å². The van der Waals surface area contributed by atoms with E-state index in [9.17, 15) is 4.79 Å². The van der Waals surface area contributed by atoms with Gasteiger partial charge in [-0.2, -0.15) is 0 Å². The van der Waals surface area contributed by atoms with Crippen LogP contribution >= 0.6 is 34.5 Å². The number of thiophene rings is 1. The largest absolute Gasteiger partial charge is 0.395 e. The maximum absolute atomic E-state index is 12.4. The second kappa shape index (κ2) is 6.90. The fourth-order valence-electron chi connectivity index (χ4n) is 2.23. The fourth-order valence-corrected chi connectivity index (χ4v) is 3.68. The summed E-state index contributed by atoms with van der Waals surface area (Å²) in [5.41, 5.74) is 0.420. The Balaban J connectivity index is 2.08. The molecule has 0 bridgehead atoms. The number of hydrogen-bond acceptors (Lipinski definition) is 4. The van der Waals surface area contributed by atoms with Gasteiger partial charge in [0.1, 0.15) is 4.34 Å². The molecule has 0 spiro atoms. The molecule has 1 amide bonds. The van der Waals surface area contributed by atoms with E-state index in [0.29, 0.717) is 33.4 Å². The summed E-state index contributed by atoms with van der Waals surface area (Å²) in [6.45, 7) is 1.81. The normalized spacial score (nSPS) is 18.8. The Morgan fingerprint density at radius 3 is 2.89 bits per heavy atom. The van der Waals surface area contributed by atoms with E-state index in [0.717, 1.165) is 19.4 Å². The fraction of sp³-hybridized carbons (Fsp3) is 0.583. The van der Waals surface area contributed by atoms with Crippen LogP contribution in [-0.4, -0.2) is 48.2 Å². The van der Waals surface area contributed by atoms with Gasteiger partial charge in [-0.1, -0.05) is 23.2 Å². The van der Waals surface area contributed by atoms with Crippen LogP contribution in [0.5, 0.6) is 0 Å². The van der Waals surface area contributed by atoms with Crippen molar-refractivity contribution in [2.75, 3.05) is 26.2 Å². The number of carbonyl (C=O) groups excluding carboxylic acids is 1. The van der Waals surface area contributed by atoms with Gasteiger partial charge in [-0.15, -0.1) is 11.3 Å². The van der Waals surface area contributed by atoms with Crippen LogP contribution in [0.25, 0.3) is 0 Å². The van der Waals surface area contributed by atoms with Gasteiger partial charge in [-0.25, -0.2) is 0 Å². The average molecular weight is 323 g/mol. The predicted octanol–water partition coefficient (Wildman–Crippen LogP) is 2.24. The first kappa shape index (κ1) is 15.1. The topological polar surface area (TPSA) is 52.6 Å². The van der Waals surface area contributed by atoms with Crippen LogP contribution in [-0.2, 0) is 0 Å². The zero-order valence-corrected chi connectivity index (χ0v) is 12.7. The summed E-state index contributed by atoms with van der Waals surface area (Å²) >= 11 is 13.1. The SMILES string of the molecule is O=C(c1cc(Cl)sc1Cl)N(CCO)CC1CCCN1. The van der Waals surface area contributed by atoms with Crippen molar-refractivity contribution in [3.05, 3.63) is 20.3 Å². The van der Waals surface area contributed by atoms with Crippen molar-refractivity contribution in [2.45, 2.75) is 18.9 Å². The molecule has 2 heterocycles. The Morgan fingerprint density at radius 1 is 1.58 bits per heavy atom. The zero-order valence-electron chi connectivity index (χ0n) is 10.4. The van der Waals surface area contributed by atoms with E-state index in [2.05, 4.69) is 5.32 Å². The van der Waals surface area contributed by atoms with Crippen molar-refractivity contribution in [1.29, 1.82) is 0 Å². The van der Waals surface area contributed by atoms with Crippen molar-refractivity contribution >= 4 is 40.4 Å². The number of hydrogen-bond donors (Lipinski definition) is 2. The van der Waals surface area contributed by atoms with E-state index in [1.54, 1.807) is 11.0 Å². The molecule has 106 valence electrons. The van der Waals surface area contributed by atoms with Gasteiger partial charge in [0.05, 0.1) is 16.5 Å². The Bertz CT molecular complexity index is 447. The van der Waals surface area contributed by atoms with Crippen LogP contribution in [0.15, 0.2) is 6.07 Å². The van der Waals surface area contributed by atoms with Crippen molar-refractivity contribution in [3.8, 4) is 0 Å². The summed E-state index contributed by atoms with van der Waals surface area (Å²) in [6.07, 6.45) is 2.17. The monoisotopic (exact) mass is 322 g/mol. The first-order chi connectivity index (χ1) is 9.11. The highest BCUT2D eigenvalue weighted by Gasteiger charge is 2.24. The lowest BCUT2D eigenvalue weighted by atomic mass is 10.2. The smallest absolute Gasteiger partial charge is 0.256 e. The number of aliphatic hydroxyl groups is 1. The number of nitrogens with zero attached hydrogens (tertiary/aromatic N) is 1. The van der Waals surface area contributed by atoms with Crippen LogP contribution in [0.4, 0.5) is 0 Å². The quantitative estimate of drug-likeness (QED) is 0.874. The van der Waals surface area contributed by atoms with Gasteiger partial charge >= 0.3 is 0 Å². The third-order valence-electron chi connectivity index (χ3n) is 3.15. The predicted molar refractivity (Wildman–Crippen MR) is 78.4 cm³/mol. The summed E-state index contributed by atoms with van der Waals surface area (Å²) in [5, 5.41) is 12.4. The Labute approximate surface area is 126 Å². The van der Waals surface area contributed by atoms with E-state index in [1.807, 2.05) is 0 Å². The van der Waals surface area contributed by atoms with Crippen molar-refractivity contribution < 1.29 is 9.90 Å². The lowest BCUT2D eigenvalue weighted by Crippen LogP contribution is -2.42. The molecule has 1 atom stereocenters. The molecule has 19 heavy (non-hydrogen) atoms. The molecule has 1 unspecified atom stereocenters. The summed E-state index contributed by atoms with van der Waals surface area (Å²) in [5.74, 6) is -0.170. The molecular weight excluding hydrogens is 307 g/mol. The molecule has 0 radical (unpaired) electrons. The summed E-state index contributed by atoms with van der Waals surface area (Å²) in [6, 6.07) is 1.88. The standard InChI is InChI=1S/C12H16Cl2N2O2S/c13-10-6-9(11(14)19-10)12(18)16(4-5-17)7-8-2-1-3-15-8/h6,8,15,17H,1-5,7H2. The van der Waals surface area contributed by atoms with Crippen molar-refractivity contribution in [1.82, 2.24) is 10.2 Å². The molecule has 7 heteroatoms. The highest BCUT2D eigenvalue weighted by molar-refractivity contribution is 7.20. The lowest BCUT2D eigenvalue weighted by molar-refractivity contribution is 0.0707. The molecule has 0 saturated carbocycles. The molecule has 2 rings (SSSR count). The summed E-state index contributed by atoms with van der Waals surface area (Å²) < 4.78 is 0.897. The highest BCUT2D eigenvalue weighted by Crippen LogP contribution is 2.32. The van der Waals surface area contributed by atoms with Crippen LogP contribution < -0.4 is 5.32 Å². The van der Waals surface area contributed by atoms with Crippen LogP contribution in [0.1, 0.15) is 23.2 Å². The molecule has 1 aromatic heterocycles. The van der Waals surface area contributed by atoms with Gasteiger partial charge in [0, 0.05) is 19.1 Å². The summed E-state index contributed by atoms with van der Waals surface area (Å²) in [4.78, 5) is 14.0. The van der Waals surface area contributed by atoms with Gasteiger partial charge < -0.3 is 15.3 Å². The lowest BCUT2D eigenvalue weighted by Gasteiger charge is -2.25. The molecular formula is C12H16Cl2N2O2S. The number of amides is 1. The molecule has 1 fully saturated rings. The average Bonchev–Trinajstić information content (AvgIpc) is 2.97. The second-order valence-corrected chi connectivity index (χ2v) is 6.79. The molecule has 2 N–H and O–H groups in total. The maximum atomic E-state index is 12.4. The minimum Gasteiger partial charge on any atom is -0.395 e. The molecule has 1 saturated heterocycles. The first-order valence-corrected chi connectivity index (χ1v) is 7.77. The number of carbonyl (C=O) groups is 1. The number of aliphatic hydroxyl groups excluding tert-OH is 1. The second-order valence-electron chi connectivity index (χ2n) is 4.51. The van der Waals surface area contributed by atoms with E-state index in [4.69, 9.17) is 28.3 Å². The van der Waals surface area contributed by atoms with E-state index in [1.165, 1.54) is 11.3 Å². The minimum atomic E-state index is -0.170. The van der Waals surface area contributed by atoms with Gasteiger partial charge in [0.15, 0.2) is 0 Å². The molecule has 0 aromatic carbocycles. The van der Waals surface area contributed by atoms with E-state index < -0.39 is 0 Å². The van der Waals surface area contributed by atoms with Gasteiger partial charge in [0.25, 0.3) is 5.91 Å². The van der Waals surface area contributed by atoms with E-state index >= 15 is 0 Å². The zero-order chi connectivity index (χ0) is 13.8. The van der Waals surface area contributed by atoms with Gasteiger partial charge in [-0.05, 0) is 25.5 Å². The molecule has 1 aliphatic rings. The number of halogens is 2. The number of rotatable bonds is 5. The molecule has 1 aliphatic heterocycles. The minimum absolute atomic E-state index is 0.0616. The molecule has 0 aliphatic carbocycles. The first-order valence-electron chi connectivity index (χ1n) is 6.20. The Hall–Kier alpha value is -0.330. The summed E-state index contributed by atoms with van der Waals surface area (Å²) in [7, 11) is 0. The van der Waals surface area contributed by atoms with Crippen LogP contribution in [0.2, 0.25) is 8.67 Å². The van der Waals surface area contributed by atoms with Crippen molar-refractivity contribution in [2.24, 2.45) is 0 Å². The third kappa shape index (κ3) is 3.83. The maximum Gasteiger partial charge on any atom is 0.256 e. The van der Waals surface area contributed by atoms with E-state index in [-0.39, 0.29) is 12.5 Å². The number of nitrogens with one attached hydrogen (secondary N) is 1. The van der Waals surface area contributed by atoms with Crippen LogP contribution in [0, 0.1) is 0 Å². The van der Waals surface area contributed by atoms with Gasteiger partial charge in [0.2, 0.25) is 0 Å². The molecule has 1 aromatic rings. The third-order valence-corrected chi connectivity index (χ3v) is 4.63. The Morgan fingerprint density at radius 2 is 2.37 bits per heavy atom. The van der Waals surface area contributed by atoms with Gasteiger partial charge in [-0.3, -0.25) is 4.79 Å². The highest BCUT2D eigenvalue weighted by atomic mass is 35.5. The molecule has 4 nitrogen and oxygen atoms in total. The Kier molecular flexibility index (Phi) is 5.47. The van der Waals surface area contributed by atoms with Crippen molar-refractivity contribution in [3.63, 3.8) is 0 Å².